The van der Waals surface area contributed by atoms with Gasteiger partial charge < -0.3 is 9.57 Å². The molecule has 0 saturated carbocycles. The number of ether oxygens (including phenoxy) is 1. The molecular formula is C17H15NO4S. The third kappa shape index (κ3) is 3.04. The van der Waals surface area contributed by atoms with Crippen molar-refractivity contribution in [2.24, 2.45) is 5.90 Å². The predicted octanol–water partition coefficient (Wildman–Crippen LogP) is 2.91. The van der Waals surface area contributed by atoms with Gasteiger partial charge in [0.15, 0.2) is 5.43 Å². The van der Waals surface area contributed by atoms with Gasteiger partial charge in [-0.05, 0) is 36.8 Å². The molecule has 2 aromatic carbocycles. The summed E-state index contributed by atoms with van der Waals surface area (Å²) in [6, 6.07) is 11.2. The zero-order chi connectivity index (χ0) is 16.4. The molecule has 0 bridgehead atoms. The quantitative estimate of drug-likeness (QED) is 0.588. The third-order valence-electron chi connectivity index (χ3n) is 3.48. The highest BCUT2D eigenvalue weighted by Crippen LogP contribution is 2.33. The standard InChI is InChI=1S/C17H15NO4S/c1-10-8-12-16(20)11-4-2-3-5-14(11)23-17(12)13(9-10)21-7-6-15(19)22-18/h2-5,8-9H,6-7,18H2,1H3. The second-order valence-electron chi connectivity index (χ2n) is 5.16. The SMILES string of the molecule is Cc1cc(OCCC(=O)ON)c2sc3ccccc3c(=O)c2c1. The van der Waals surface area contributed by atoms with Crippen LogP contribution >= 0.6 is 11.3 Å². The summed E-state index contributed by atoms with van der Waals surface area (Å²) >= 11 is 1.50. The second kappa shape index (κ2) is 6.36. The first-order chi connectivity index (χ1) is 11.1. The Hall–Kier alpha value is -2.44. The summed E-state index contributed by atoms with van der Waals surface area (Å²) in [7, 11) is 0. The van der Waals surface area contributed by atoms with Gasteiger partial charge in [-0.1, -0.05) is 12.1 Å². The fourth-order valence-corrected chi connectivity index (χ4v) is 3.54. The molecule has 0 amide bonds. The Morgan fingerprint density at radius 2 is 2.00 bits per heavy atom. The van der Waals surface area contributed by atoms with Crippen LogP contribution in [0.1, 0.15) is 12.0 Å². The van der Waals surface area contributed by atoms with E-state index in [2.05, 4.69) is 4.84 Å². The number of carbonyl (C=O) groups excluding carboxylic acids is 1. The molecule has 0 radical (unpaired) electrons. The summed E-state index contributed by atoms with van der Waals surface area (Å²) in [5.74, 6) is 4.86. The maximum absolute atomic E-state index is 12.7. The summed E-state index contributed by atoms with van der Waals surface area (Å²) in [6.45, 7) is 2.04. The number of rotatable bonds is 4. The van der Waals surface area contributed by atoms with Gasteiger partial charge in [-0.15, -0.1) is 11.3 Å². The Labute approximate surface area is 136 Å². The van der Waals surface area contributed by atoms with Crippen molar-refractivity contribution in [2.45, 2.75) is 13.3 Å². The molecule has 3 aromatic rings. The number of fused-ring (bicyclic) bond motifs is 2. The summed E-state index contributed by atoms with van der Waals surface area (Å²) in [5, 5.41) is 1.33. The molecule has 0 saturated heterocycles. The van der Waals surface area contributed by atoms with E-state index < -0.39 is 5.97 Å². The molecule has 0 atom stereocenters. The minimum absolute atomic E-state index is 0.00994. The minimum Gasteiger partial charge on any atom is -0.491 e. The van der Waals surface area contributed by atoms with Gasteiger partial charge in [-0.2, -0.15) is 5.90 Å². The van der Waals surface area contributed by atoms with E-state index in [9.17, 15) is 9.59 Å². The van der Waals surface area contributed by atoms with Crippen molar-refractivity contribution in [3.05, 3.63) is 52.2 Å². The van der Waals surface area contributed by atoms with Crippen molar-refractivity contribution in [1.29, 1.82) is 0 Å². The average Bonchev–Trinajstić information content (AvgIpc) is 2.56. The first-order valence-electron chi connectivity index (χ1n) is 7.08. The predicted molar refractivity (Wildman–Crippen MR) is 90.7 cm³/mol. The van der Waals surface area contributed by atoms with Crippen molar-refractivity contribution in [1.82, 2.24) is 0 Å². The van der Waals surface area contributed by atoms with Crippen LogP contribution in [-0.2, 0) is 9.63 Å². The number of hydrogen-bond acceptors (Lipinski definition) is 6. The molecule has 0 aliphatic carbocycles. The Kier molecular flexibility index (Phi) is 4.27. The largest absolute Gasteiger partial charge is 0.491 e. The molecule has 0 spiro atoms. The van der Waals surface area contributed by atoms with E-state index in [-0.39, 0.29) is 18.5 Å². The van der Waals surface area contributed by atoms with E-state index in [1.165, 1.54) is 11.3 Å². The van der Waals surface area contributed by atoms with Crippen molar-refractivity contribution in [3.8, 4) is 5.75 Å². The lowest BCUT2D eigenvalue weighted by atomic mass is 10.1. The van der Waals surface area contributed by atoms with Gasteiger partial charge in [0.05, 0.1) is 17.7 Å². The maximum Gasteiger partial charge on any atom is 0.327 e. The Morgan fingerprint density at radius 3 is 2.78 bits per heavy atom. The van der Waals surface area contributed by atoms with E-state index in [0.29, 0.717) is 16.5 Å². The van der Waals surface area contributed by atoms with Crippen molar-refractivity contribution >= 4 is 37.5 Å². The third-order valence-corrected chi connectivity index (χ3v) is 4.68. The summed E-state index contributed by atoms with van der Waals surface area (Å²) in [4.78, 5) is 27.9. The average molecular weight is 329 g/mol. The number of benzene rings is 2. The maximum atomic E-state index is 12.7. The molecule has 2 N–H and O–H groups in total. The fourth-order valence-electron chi connectivity index (χ4n) is 2.42. The van der Waals surface area contributed by atoms with Crippen LogP contribution in [0.2, 0.25) is 0 Å². The second-order valence-corrected chi connectivity index (χ2v) is 6.21. The molecular weight excluding hydrogens is 314 g/mol. The first kappa shape index (κ1) is 15.5. The van der Waals surface area contributed by atoms with Crippen LogP contribution in [0.4, 0.5) is 0 Å². The molecule has 1 heterocycles. The molecule has 0 aliphatic rings. The lowest BCUT2D eigenvalue weighted by Crippen LogP contribution is -2.13. The summed E-state index contributed by atoms with van der Waals surface area (Å²) in [5.41, 5.74) is 0.915. The molecule has 6 heteroatoms. The lowest BCUT2D eigenvalue weighted by molar-refractivity contribution is -0.144. The van der Waals surface area contributed by atoms with Crippen LogP contribution in [0.5, 0.6) is 5.75 Å². The number of nitrogens with two attached hydrogens (primary N) is 1. The molecule has 23 heavy (non-hydrogen) atoms. The highest BCUT2D eigenvalue weighted by atomic mass is 32.1. The normalized spacial score (nSPS) is 10.9. The number of hydrogen-bond donors (Lipinski definition) is 1. The van der Waals surface area contributed by atoms with E-state index in [1.54, 1.807) is 0 Å². The monoisotopic (exact) mass is 329 g/mol. The van der Waals surface area contributed by atoms with Crippen molar-refractivity contribution < 1.29 is 14.4 Å². The Morgan fingerprint density at radius 1 is 1.22 bits per heavy atom. The van der Waals surface area contributed by atoms with Crippen LogP contribution in [0.25, 0.3) is 20.2 Å². The number of aryl methyl sites for hydroxylation is 1. The highest BCUT2D eigenvalue weighted by Gasteiger charge is 2.12. The van der Waals surface area contributed by atoms with E-state index in [1.807, 2.05) is 43.3 Å². The topological polar surface area (TPSA) is 78.6 Å². The van der Waals surface area contributed by atoms with Crippen molar-refractivity contribution in [3.63, 3.8) is 0 Å². The van der Waals surface area contributed by atoms with Gasteiger partial charge in [0, 0.05) is 15.5 Å². The Bertz CT molecular complexity index is 948. The van der Waals surface area contributed by atoms with Crippen LogP contribution in [0.3, 0.4) is 0 Å². The molecule has 0 fully saturated rings. The summed E-state index contributed by atoms with van der Waals surface area (Å²) < 4.78 is 7.37. The zero-order valence-corrected chi connectivity index (χ0v) is 13.3. The summed E-state index contributed by atoms with van der Waals surface area (Å²) in [6.07, 6.45) is 0.0500. The number of carbonyl (C=O) groups is 1. The molecule has 0 aliphatic heterocycles. The smallest absolute Gasteiger partial charge is 0.327 e. The van der Waals surface area contributed by atoms with E-state index in [4.69, 9.17) is 10.6 Å². The van der Waals surface area contributed by atoms with Gasteiger partial charge in [0.2, 0.25) is 0 Å². The van der Waals surface area contributed by atoms with Gasteiger partial charge in [-0.3, -0.25) is 9.59 Å². The minimum atomic E-state index is -0.541. The fraction of sp³-hybridized carbons (Fsp3) is 0.176. The van der Waals surface area contributed by atoms with Gasteiger partial charge in [0.25, 0.3) is 0 Å². The van der Waals surface area contributed by atoms with Gasteiger partial charge in [0.1, 0.15) is 5.75 Å². The van der Waals surface area contributed by atoms with Crippen LogP contribution in [0, 0.1) is 6.92 Å². The van der Waals surface area contributed by atoms with Crippen LogP contribution in [0.15, 0.2) is 41.2 Å². The van der Waals surface area contributed by atoms with E-state index in [0.717, 1.165) is 15.0 Å². The van der Waals surface area contributed by atoms with Crippen molar-refractivity contribution in [2.75, 3.05) is 6.61 Å². The van der Waals surface area contributed by atoms with Crippen LogP contribution in [-0.4, -0.2) is 12.6 Å². The van der Waals surface area contributed by atoms with Gasteiger partial charge in [-0.25, -0.2) is 0 Å². The highest BCUT2D eigenvalue weighted by molar-refractivity contribution is 7.24. The first-order valence-corrected chi connectivity index (χ1v) is 7.90. The van der Waals surface area contributed by atoms with Crippen LogP contribution < -0.4 is 16.1 Å². The Balaban J connectivity index is 2.10. The molecule has 5 nitrogen and oxygen atoms in total. The van der Waals surface area contributed by atoms with Gasteiger partial charge >= 0.3 is 5.97 Å². The molecule has 118 valence electrons. The lowest BCUT2D eigenvalue weighted by Gasteiger charge is -2.10. The zero-order valence-electron chi connectivity index (χ0n) is 12.5. The van der Waals surface area contributed by atoms with E-state index >= 15 is 0 Å². The molecule has 1 aromatic heterocycles. The molecule has 0 unspecified atom stereocenters. The molecule has 3 rings (SSSR count).